The Bertz CT molecular complexity index is 1670. The second-order valence-electron chi connectivity index (χ2n) is 11.1. The highest BCUT2D eigenvalue weighted by Crippen LogP contribution is 2.62. The van der Waals surface area contributed by atoms with E-state index in [1.54, 1.807) is 30.3 Å². The van der Waals surface area contributed by atoms with Gasteiger partial charge in [0.1, 0.15) is 16.4 Å². The molecular formula is C29H28N2O7S. The molecule has 9 nitrogen and oxygen atoms in total. The minimum Gasteiger partial charge on any atom is -0.477 e. The van der Waals surface area contributed by atoms with Gasteiger partial charge in [-0.05, 0) is 42.7 Å². The molecule has 2 heterocycles. The normalized spacial score (nSPS) is 29.5. The molecule has 0 saturated heterocycles. The van der Waals surface area contributed by atoms with Crippen LogP contribution in [-0.2, 0) is 20.7 Å². The summed E-state index contributed by atoms with van der Waals surface area (Å²) in [4.78, 5) is 12.4. The van der Waals surface area contributed by atoms with Crippen molar-refractivity contribution in [3.05, 3.63) is 94.3 Å². The van der Waals surface area contributed by atoms with Crippen molar-refractivity contribution < 1.29 is 32.4 Å². The maximum Gasteiger partial charge on any atom is 0.339 e. The number of aliphatic hydroxyl groups excluding tert-OH is 1. The van der Waals surface area contributed by atoms with Crippen molar-refractivity contribution >= 4 is 21.7 Å². The van der Waals surface area contributed by atoms with Crippen LogP contribution < -0.4 is 10.1 Å². The van der Waals surface area contributed by atoms with Crippen molar-refractivity contribution in [2.45, 2.75) is 50.8 Å². The number of ether oxygens (including phenoxy) is 1. The zero-order chi connectivity index (χ0) is 28.0. The highest BCUT2D eigenvalue weighted by atomic mass is 32.2. The molecule has 2 aromatic rings. The fourth-order valence-corrected chi connectivity index (χ4v) is 7.30. The van der Waals surface area contributed by atoms with Crippen molar-refractivity contribution in [1.29, 1.82) is 0 Å². The number of hydrogen-bond donors (Lipinski definition) is 3. The zero-order valence-electron chi connectivity index (χ0n) is 21.8. The Morgan fingerprint density at radius 1 is 1.10 bits per heavy atom. The molecule has 2 aliphatic heterocycles. The number of carbonyl (C=O) groups excluding carboxylic acids is 1. The van der Waals surface area contributed by atoms with Gasteiger partial charge in [0.05, 0.1) is 11.1 Å². The molecule has 1 amide bonds. The zero-order valence-corrected chi connectivity index (χ0v) is 22.7. The van der Waals surface area contributed by atoms with Crippen molar-refractivity contribution in [3.8, 4) is 5.75 Å². The topological polar surface area (TPSA) is 135 Å². The van der Waals surface area contributed by atoms with E-state index in [1.807, 2.05) is 45.9 Å². The van der Waals surface area contributed by atoms with E-state index in [-0.39, 0.29) is 16.4 Å². The summed E-state index contributed by atoms with van der Waals surface area (Å²) in [5.74, 6) is -0.203. The largest absolute Gasteiger partial charge is 0.477 e. The molecular weight excluding hydrogens is 520 g/mol. The predicted octanol–water partition coefficient (Wildman–Crippen LogP) is 4.15. The Hall–Kier alpha value is -3.89. The number of amides is 1. The number of rotatable bonds is 3. The molecule has 0 fully saturated rings. The van der Waals surface area contributed by atoms with E-state index in [0.717, 1.165) is 16.7 Å². The number of fused-ring (bicyclic) bond motifs is 3. The third-order valence-corrected chi connectivity index (χ3v) is 9.87. The lowest BCUT2D eigenvalue weighted by Gasteiger charge is -2.58. The second-order valence-corrected chi connectivity index (χ2v) is 12.6. The third-order valence-electron chi connectivity index (χ3n) is 8.63. The van der Waals surface area contributed by atoms with Crippen LogP contribution in [0.5, 0.6) is 5.75 Å². The highest BCUT2D eigenvalue weighted by molar-refractivity contribution is 7.86. The van der Waals surface area contributed by atoms with Crippen molar-refractivity contribution in [2.75, 3.05) is 0 Å². The van der Waals surface area contributed by atoms with Crippen LogP contribution in [0.15, 0.2) is 87.6 Å². The Kier molecular flexibility index (Phi) is 5.25. The highest BCUT2D eigenvalue weighted by Gasteiger charge is 2.64. The van der Waals surface area contributed by atoms with Gasteiger partial charge in [-0.25, -0.2) is 0 Å². The van der Waals surface area contributed by atoms with Gasteiger partial charge in [0, 0.05) is 16.9 Å². The van der Waals surface area contributed by atoms with Crippen molar-refractivity contribution in [3.63, 3.8) is 0 Å². The maximum absolute atomic E-state index is 13.3. The lowest BCUT2D eigenvalue weighted by atomic mass is 9.52. The van der Waals surface area contributed by atoms with Gasteiger partial charge < -0.3 is 24.6 Å². The number of nitrogens with one attached hydrogen (secondary N) is 1. The molecule has 3 N–H and O–H groups in total. The number of allylic oxidation sites excluding steroid dienone is 3. The average Bonchev–Trinajstić information content (AvgIpc) is 3.17. The van der Waals surface area contributed by atoms with Crippen molar-refractivity contribution in [2.24, 2.45) is 16.0 Å². The summed E-state index contributed by atoms with van der Waals surface area (Å²) in [6, 6.07) is 11.2. The van der Waals surface area contributed by atoms with Crippen LogP contribution in [0.1, 0.15) is 55.4 Å². The Morgan fingerprint density at radius 3 is 2.51 bits per heavy atom. The average molecular weight is 549 g/mol. The van der Waals surface area contributed by atoms with E-state index in [9.17, 15) is 23.5 Å². The first-order chi connectivity index (χ1) is 18.4. The van der Waals surface area contributed by atoms with Crippen LogP contribution in [0.2, 0.25) is 0 Å². The lowest BCUT2D eigenvalue weighted by molar-refractivity contribution is 0.00472. The molecule has 4 aliphatic rings. The van der Waals surface area contributed by atoms with Crippen LogP contribution in [0.3, 0.4) is 0 Å². The fraction of sp³-hybridized carbons (Fsp3) is 0.310. The number of hydrogen-bond acceptors (Lipinski definition) is 8. The first-order valence-corrected chi connectivity index (χ1v) is 14.0. The molecule has 39 heavy (non-hydrogen) atoms. The third kappa shape index (κ3) is 3.31. The van der Waals surface area contributed by atoms with Gasteiger partial charge in [0.2, 0.25) is 0 Å². The fourth-order valence-electron chi connectivity index (χ4n) is 6.35. The first-order valence-electron chi connectivity index (χ1n) is 12.5. The standard InChI is InChI=1S/C29H28N2O7S/c1-16-10-13-21-27(2,3)24(31-34)20(38-39(35,36)18-8-6-5-7-9-18)15-29(21)28(16,4)14-17-11-12-19-22(23(17)37-29)26(33)30-25(19)32/h5-13,15,26,33-34H,14H2,1-4H3,(H,30,32). The van der Waals surface area contributed by atoms with E-state index in [4.69, 9.17) is 8.92 Å². The maximum atomic E-state index is 13.3. The Labute approximate surface area is 226 Å². The lowest BCUT2D eigenvalue weighted by Crippen LogP contribution is -2.62. The van der Waals surface area contributed by atoms with Gasteiger partial charge in [-0.1, -0.05) is 67.9 Å². The van der Waals surface area contributed by atoms with Crippen LogP contribution in [0.25, 0.3) is 0 Å². The summed E-state index contributed by atoms with van der Waals surface area (Å²) < 4.78 is 39.2. The van der Waals surface area contributed by atoms with Gasteiger partial charge in [0.25, 0.3) is 5.91 Å². The molecule has 0 bridgehead atoms. The molecule has 10 heteroatoms. The number of nitrogens with zero attached hydrogens (tertiary/aromatic N) is 1. The summed E-state index contributed by atoms with van der Waals surface area (Å²) in [6.45, 7) is 7.63. The quantitative estimate of drug-likeness (QED) is 0.298. The van der Waals surface area contributed by atoms with E-state index in [2.05, 4.69) is 10.5 Å². The van der Waals surface area contributed by atoms with Gasteiger partial charge in [-0.3, -0.25) is 4.79 Å². The molecule has 3 unspecified atom stereocenters. The molecule has 0 radical (unpaired) electrons. The monoisotopic (exact) mass is 548 g/mol. The van der Waals surface area contributed by atoms with E-state index in [0.29, 0.717) is 23.3 Å². The van der Waals surface area contributed by atoms with Gasteiger partial charge in [0.15, 0.2) is 17.6 Å². The van der Waals surface area contributed by atoms with Gasteiger partial charge in [-0.15, -0.1) is 0 Å². The van der Waals surface area contributed by atoms with Crippen LogP contribution in [0, 0.1) is 10.8 Å². The van der Waals surface area contributed by atoms with Crippen LogP contribution >= 0.6 is 0 Å². The van der Waals surface area contributed by atoms with Gasteiger partial charge in [-0.2, -0.15) is 8.42 Å². The SMILES string of the molecule is CC1=CC=C2C(C)(C)C(=NO)C(OS(=O)(=O)c3ccccc3)=CC23Oc2c(ccc4c2C(O)NC4=O)CC13C. The number of oxime groups is 1. The Morgan fingerprint density at radius 2 is 1.82 bits per heavy atom. The van der Waals surface area contributed by atoms with E-state index in [1.165, 1.54) is 12.1 Å². The molecule has 1 spiro atoms. The molecule has 6 rings (SSSR count). The molecule has 0 saturated carbocycles. The van der Waals surface area contributed by atoms with E-state index < -0.39 is 38.7 Å². The van der Waals surface area contributed by atoms with Crippen LogP contribution in [-0.4, -0.2) is 36.0 Å². The first kappa shape index (κ1) is 25.4. The summed E-state index contributed by atoms with van der Waals surface area (Å²) in [5, 5.41) is 26.9. The molecule has 2 aromatic carbocycles. The minimum atomic E-state index is -4.30. The second kappa shape index (κ2) is 8.06. The number of carbonyl (C=O) groups is 1. The summed E-state index contributed by atoms with van der Waals surface area (Å²) in [7, 11) is -4.30. The minimum absolute atomic E-state index is 0.0266. The predicted molar refractivity (Wildman–Crippen MR) is 142 cm³/mol. The van der Waals surface area contributed by atoms with Crippen molar-refractivity contribution in [1.82, 2.24) is 5.32 Å². The summed E-state index contributed by atoms with van der Waals surface area (Å²) >= 11 is 0. The summed E-state index contributed by atoms with van der Waals surface area (Å²) in [6.07, 6.45) is 4.67. The Balaban J connectivity index is 1.61. The van der Waals surface area contributed by atoms with Crippen LogP contribution in [0.4, 0.5) is 0 Å². The number of aliphatic hydroxyl groups is 1. The number of benzene rings is 2. The van der Waals surface area contributed by atoms with E-state index >= 15 is 0 Å². The molecule has 202 valence electrons. The van der Waals surface area contributed by atoms with Gasteiger partial charge >= 0.3 is 10.1 Å². The molecule has 0 aromatic heterocycles. The smallest absolute Gasteiger partial charge is 0.339 e. The molecule has 2 aliphatic carbocycles. The summed E-state index contributed by atoms with van der Waals surface area (Å²) in [5.41, 5.74) is 0.135. The molecule has 3 atom stereocenters.